The number of anilines is 1. The molecule has 1 aromatic carbocycles. The van der Waals surface area contributed by atoms with Crippen molar-refractivity contribution < 1.29 is 9.53 Å². The Hall–Kier alpha value is -2.50. The predicted molar refractivity (Wildman–Crippen MR) is 88.7 cm³/mol. The number of carbonyl (C=O) groups is 1. The summed E-state index contributed by atoms with van der Waals surface area (Å²) in [6.45, 7) is 7.00. The van der Waals surface area contributed by atoms with Gasteiger partial charge in [-0.3, -0.25) is 4.68 Å². The molecule has 122 valence electrons. The molecule has 0 saturated carbocycles. The van der Waals surface area contributed by atoms with Crippen LogP contribution < -0.4 is 10.1 Å². The molecular formula is C17H22N4O2. The lowest BCUT2D eigenvalue weighted by Gasteiger charge is -2.39. The molecule has 0 aliphatic carbocycles. The maximum Gasteiger partial charge on any atom is 0.321 e. The zero-order valence-corrected chi connectivity index (χ0v) is 13.5. The number of carbonyl (C=O) groups excluding carboxylic acids is 1. The Morgan fingerprint density at radius 2 is 2.09 bits per heavy atom. The standard InChI is InChI=1S/C17H22N4O2/c1-3-23-16-6-4-15(5-7-16)19-17(22)20-10-14(11-20)12-21-9-13(2)8-18-21/h4-9,14H,3,10-12H2,1-2H3,(H,19,22). The van der Waals surface area contributed by atoms with Crippen LogP contribution in [-0.4, -0.2) is 40.4 Å². The molecule has 0 spiro atoms. The van der Waals surface area contributed by atoms with Gasteiger partial charge in [0.2, 0.25) is 0 Å². The third-order valence-corrected chi connectivity index (χ3v) is 3.87. The van der Waals surface area contributed by atoms with Gasteiger partial charge >= 0.3 is 6.03 Å². The van der Waals surface area contributed by atoms with Gasteiger partial charge in [-0.05, 0) is 43.7 Å². The van der Waals surface area contributed by atoms with Crippen LogP contribution in [0.2, 0.25) is 0 Å². The van der Waals surface area contributed by atoms with Crippen LogP contribution >= 0.6 is 0 Å². The summed E-state index contributed by atoms with van der Waals surface area (Å²) in [4.78, 5) is 14.0. The van der Waals surface area contributed by atoms with Crippen LogP contribution in [0.15, 0.2) is 36.7 Å². The first-order chi connectivity index (χ1) is 11.1. The number of aryl methyl sites for hydroxylation is 1. The van der Waals surface area contributed by atoms with Crippen LogP contribution in [0.3, 0.4) is 0 Å². The SMILES string of the molecule is CCOc1ccc(NC(=O)N2CC(Cn3cc(C)cn3)C2)cc1. The summed E-state index contributed by atoms with van der Waals surface area (Å²) >= 11 is 0. The molecule has 1 saturated heterocycles. The van der Waals surface area contributed by atoms with E-state index in [1.54, 1.807) is 0 Å². The zero-order chi connectivity index (χ0) is 16.2. The van der Waals surface area contributed by atoms with Crippen molar-refractivity contribution in [3.63, 3.8) is 0 Å². The number of ether oxygens (including phenoxy) is 1. The number of amides is 2. The van der Waals surface area contributed by atoms with Crippen molar-refractivity contribution in [3.05, 3.63) is 42.2 Å². The Labute approximate surface area is 136 Å². The number of hydrogen-bond acceptors (Lipinski definition) is 3. The van der Waals surface area contributed by atoms with Gasteiger partial charge in [0.15, 0.2) is 0 Å². The molecular weight excluding hydrogens is 292 g/mol. The van der Waals surface area contributed by atoms with Crippen LogP contribution in [0.25, 0.3) is 0 Å². The van der Waals surface area contributed by atoms with Crippen LogP contribution in [0.5, 0.6) is 5.75 Å². The summed E-state index contributed by atoms with van der Waals surface area (Å²) < 4.78 is 7.33. The van der Waals surface area contributed by atoms with E-state index < -0.39 is 0 Å². The lowest BCUT2D eigenvalue weighted by atomic mass is 10.0. The van der Waals surface area contributed by atoms with E-state index in [0.717, 1.165) is 36.6 Å². The number of hydrogen-bond donors (Lipinski definition) is 1. The van der Waals surface area contributed by atoms with Gasteiger partial charge in [-0.2, -0.15) is 5.10 Å². The van der Waals surface area contributed by atoms with E-state index in [0.29, 0.717) is 12.5 Å². The summed E-state index contributed by atoms with van der Waals surface area (Å²) in [5.41, 5.74) is 1.94. The van der Waals surface area contributed by atoms with E-state index in [9.17, 15) is 4.79 Å². The van der Waals surface area contributed by atoms with E-state index >= 15 is 0 Å². The first kappa shape index (κ1) is 15.4. The van der Waals surface area contributed by atoms with Crippen LogP contribution in [0.1, 0.15) is 12.5 Å². The highest BCUT2D eigenvalue weighted by atomic mass is 16.5. The van der Waals surface area contributed by atoms with Crippen molar-refractivity contribution in [3.8, 4) is 5.75 Å². The average Bonchev–Trinajstić information content (AvgIpc) is 2.90. The molecule has 2 amide bonds. The van der Waals surface area contributed by atoms with Crippen LogP contribution in [0.4, 0.5) is 10.5 Å². The molecule has 2 aromatic rings. The maximum absolute atomic E-state index is 12.2. The molecule has 0 bridgehead atoms. The van der Waals surface area contributed by atoms with E-state index in [-0.39, 0.29) is 6.03 Å². The summed E-state index contributed by atoms with van der Waals surface area (Å²) in [6, 6.07) is 7.37. The molecule has 1 aromatic heterocycles. The van der Waals surface area contributed by atoms with Gasteiger partial charge in [-0.15, -0.1) is 0 Å². The van der Waals surface area contributed by atoms with Crippen molar-refractivity contribution in [1.82, 2.24) is 14.7 Å². The van der Waals surface area contributed by atoms with E-state index in [1.165, 1.54) is 0 Å². The lowest BCUT2D eigenvalue weighted by molar-refractivity contribution is 0.117. The molecule has 2 heterocycles. The predicted octanol–water partition coefficient (Wildman–Crippen LogP) is 2.75. The summed E-state index contributed by atoms with van der Waals surface area (Å²) in [6.07, 6.45) is 3.89. The highest BCUT2D eigenvalue weighted by Crippen LogP contribution is 2.20. The van der Waals surface area contributed by atoms with Crippen molar-refractivity contribution in [1.29, 1.82) is 0 Å². The third kappa shape index (κ3) is 3.83. The normalized spacial score (nSPS) is 14.4. The van der Waals surface area contributed by atoms with Crippen LogP contribution in [-0.2, 0) is 6.54 Å². The van der Waals surface area contributed by atoms with E-state index in [2.05, 4.69) is 10.4 Å². The molecule has 0 atom stereocenters. The number of nitrogens with zero attached hydrogens (tertiary/aromatic N) is 3. The smallest absolute Gasteiger partial charge is 0.321 e. The summed E-state index contributed by atoms with van der Waals surface area (Å²) in [5, 5.41) is 7.20. The molecule has 1 fully saturated rings. The Kier molecular flexibility index (Phi) is 4.50. The second-order valence-electron chi connectivity index (χ2n) is 5.90. The van der Waals surface area contributed by atoms with Crippen molar-refractivity contribution in [2.24, 2.45) is 5.92 Å². The molecule has 1 aliphatic rings. The molecule has 3 rings (SSSR count). The van der Waals surface area contributed by atoms with Crippen molar-refractivity contribution in [2.45, 2.75) is 20.4 Å². The number of urea groups is 1. The molecule has 6 heteroatoms. The maximum atomic E-state index is 12.2. The second kappa shape index (κ2) is 6.73. The van der Waals surface area contributed by atoms with E-state index in [4.69, 9.17) is 4.74 Å². The zero-order valence-electron chi connectivity index (χ0n) is 13.5. The fourth-order valence-electron chi connectivity index (χ4n) is 2.69. The van der Waals surface area contributed by atoms with Gasteiger partial charge in [-0.25, -0.2) is 4.79 Å². The van der Waals surface area contributed by atoms with Gasteiger partial charge in [0.25, 0.3) is 0 Å². The third-order valence-electron chi connectivity index (χ3n) is 3.87. The van der Waals surface area contributed by atoms with Gasteiger partial charge in [0.05, 0.1) is 12.8 Å². The minimum absolute atomic E-state index is 0.0537. The molecule has 1 aliphatic heterocycles. The Balaban J connectivity index is 1.45. The number of rotatable bonds is 5. The minimum atomic E-state index is -0.0537. The highest BCUT2D eigenvalue weighted by Gasteiger charge is 2.30. The number of nitrogens with one attached hydrogen (secondary N) is 1. The number of benzene rings is 1. The molecule has 23 heavy (non-hydrogen) atoms. The molecule has 0 unspecified atom stereocenters. The van der Waals surface area contributed by atoms with Crippen molar-refractivity contribution in [2.75, 3.05) is 25.0 Å². The Morgan fingerprint density at radius 1 is 1.35 bits per heavy atom. The first-order valence-electron chi connectivity index (χ1n) is 7.92. The topological polar surface area (TPSA) is 59.4 Å². The van der Waals surface area contributed by atoms with Gasteiger partial charge in [0, 0.05) is 37.4 Å². The second-order valence-corrected chi connectivity index (χ2v) is 5.90. The van der Waals surface area contributed by atoms with Crippen molar-refractivity contribution >= 4 is 11.7 Å². The molecule has 0 radical (unpaired) electrons. The number of likely N-dealkylation sites (tertiary alicyclic amines) is 1. The van der Waals surface area contributed by atoms with E-state index in [1.807, 2.05) is 60.1 Å². The van der Waals surface area contributed by atoms with Gasteiger partial charge in [0.1, 0.15) is 5.75 Å². The first-order valence-corrected chi connectivity index (χ1v) is 7.92. The summed E-state index contributed by atoms with van der Waals surface area (Å²) in [7, 11) is 0. The quantitative estimate of drug-likeness (QED) is 0.923. The van der Waals surface area contributed by atoms with Gasteiger partial charge < -0.3 is 15.0 Å². The molecule has 1 N–H and O–H groups in total. The highest BCUT2D eigenvalue weighted by molar-refractivity contribution is 5.89. The Morgan fingerprint density at radius 3 is 2.70 bits per heavy atom. The lowest BCUT2D eigenvalue weighted by Crippen LogP contribution is -2.52. The van der Waals surface area contributed by atoms with Gasteiger partial charge in [-0.1, -0.05) is 0 Å². The number of aromatic nitrogens is 2. The minimum Gasteiger partial charge on any atom is -0.494 e. The largest absolute Gasteiger partial charge is 0.494 e. The monoisotopic (exact) mass is 314 g/mol. The molecule has 6 nitrogen and oxygen atoms in total. The fraction of sp³-hybridized carbons (Fsp3) is 0.412. The van der Waals surface area contributed by atoms with Crippen LogP contribution in [0, 0.1) is 12.8 Å². The summed E-state index contributed by atoms with van der Waals surface area (Å²) in [5.74, 6) is 1.28. The average molecular weight is 314 g/mol. The Bertz CT molecular complexity index is 659. The fourth-order valence-corrected chi connectivity index (χ4v) is 2.69.